The van der Waals surface area contributed by atoms with E-state index >= 15 is 0 Å². The molecule has 0 aliphatic heterocycles. The predicted molar refractivity (Wildman–Crippen MR) is 81.8 cm³/mol. The van der Waals surface area contributed by atoms with Crippen molar-refractivity contribution >= 4 is 17.1 Å². The standard InChI is InChI=1S/C13H23N5O2/c1-10(2)17(3)6-4-5-15-11-7-12(16-14)9-13(8-11)18(19)20/h7-10,15-16H,4-6,14H2,1-3H3. The first-order valence-electron chi connectivity index (χ1n) is 6.64. The Labute approximate surface area is 119 Å². The third-order valence-corrected chi connectivity index (χ3v) is 3.19. The van der Waals surface area contributed by atoms with Crippen molar-refractivity contribution in [3.05, 3.63) is 28.3 Å². The molecule has 112 valence electrons. The number of nitro groups is 1. The Hall–Kier alpha value is -1.86. The van der Waals surface area contributed by atoms with Gasteiger partial charge in [-0.3, -0.25) is 16.0 Å². The maximum Gasteiger partial charge on any atom is 0.273 e. The Morgan fingerprint density at radius 2 is 2.00 bits per heavy atom. The van der Waals surface area contributed by atoms with Crippen LogP contribution in [0.1, 0.15) is 20.3 Å². The van der Waals surface area contributed by atoms with Gasteiger partial charge in [-0.1, -0.05) is 0 Å². The maximum absolute atomic E-state index is 10.8. The Morgan fingerprint density at radius 3 is 2.55 bits per heavy atom. The molecule has 0 spiro atoms. The third kappa shape index (κ3) is 5.02. The zero-order valence-corrected chi connectivity index (χ0v) is 12.2. The summed E-state index contributed by atoms with van der Waals surface area (Å²) in [5.41, 5.74) is 3.66. The van der Waals surface area contributed by atoms with E-state index < -0.39 is 4.92 Å². The van der Waals surface area contributed by atoms with Crippen molar-refractivity contribution in [2.75, 3.05) is 30.9 Å². The molecule has 20 heavy (non-hydrogen) atoms. The number of nitrogen functional groups attached to an aromatic ring is 1. The lowest BCUT2D eigenvalue weighted by Crippen LogP contribution is -2.28. The van der Waals surface area contributed by atoms with Crippen LogP contribution in [0.25, 0.3) is 0 Å². The molecule has 0 radical (unpaired) electrons. The first-order valence-corrected chi connectivity index (χ1v) is 6.64. The summed E-state index contributed by atoms with van der Waals surface area (Å²) >= 11 is 0. The number of nitrogens with one attached hydrogen (secondary N) is 2. The number of hydrogen-bond donors (Lipinski definition) is 3. The fourth-order valence-corrected chi connectivity index (χ4v) is 1.72. The molecule has 4 N–H and O–H groups in total. The van der Waals surface area contributed by atoms with Crippen molar-refractivity contribution in [2.45, 2.75) is 26.3 Å². The Morgan fingerprint density at radius 1 is 1.35 bits per heavy atom. The minimum absolute atomic E-state index is 0.0160. The van der Waals surface area contributed by atoms with Crippen LogP contribution in [0, 0.1) is 10.1 Å². The fraction of sp³-hybridized carbons (Fsp3) is 0.538. The highest BCUT2D eigenvalue weighted by Gasteiger charge is 2.09. The van der Waals surface area contributed by atoms with Crippen LogP contribution in [0.15, 0.2) is 18.2 Å². The second-order valence-corrected chi connectivity index (χ2v) is 5.02. The van der Waals surface area contributed by atoms with Crippen molar-refractivity contribution in [3.8, 4) is 0 Å². The molecule has 0 bridgehead atoms. The van der Waals surface area contributed by atoms with Crippen molar-refractivity contribution in [3.63, 3.8) is 0 Å². The van der Waals surface area contributed by atoms with E-state index in [-0.39, 0.29) is 5.69 Å². The van der Waals surface area contributed by atoms with E-state index in [2.05, 4.69) is 36.5 Å². The third-order valence-electron chi connectivity index (χ3n) is 3.19. The Bertz CT molecular complexity index is 450. The van der Waals surface area contributed by atoms with Crippen molar-refractivity contribution in [1.82, 2.24) is 4.90 Å². The minimum atomic E-state index is -0.432. The number of rotatable bonds is 8. The van der Waals surface area contributed by atoms with Gasteiger partial charge in [0.1, 0.15) is 0 Å². The van der Waals surface area contributed by atoms with E-state index in [0.717, 1.165) is 19.5 Å². The quantitative estimate of drug-likeness (QED) is 0.292. The highest BCUT2D eigenvalue weighted by Crippen LogP contribution is 2.23. The maximum atomic E-state index is 10.8. The summed E-state index contributed by atoms with van der Waals surface area (Å²) in [6.45, 7) is 6.02. The lowest BCUT2D eigenvalue weighted by atomic mass is 10.2. The van der Waals surface area contributed by atoms with Crippen LogP contribution in [0.4, 0.5) is 17.1 Å². The summed E-state index contributed by atoms with van der Waals surface area (Å²) in [6.07, 6.45) is 0.961. The molecule has 7 heteroatoms. The number of hydrogen-bond acceptors (Lipinski definition) is 6. The van der Waals surface area contributed by atoms with Crippen molar-refractivity contribution in [1.29, 1.82) is 0 Å². The molecule has 0 fully saturated rings. The average molecular weight is 281 g/mol. The van der Waals surface area contributed by atoms with E-state index in [1.54, 1.807) is 6.07 Å². The van der Waals surface area contributed by atoms with E-state index in [9.17, 15) is 10.1 Å². The van der Waals surface area contributed by atoms with E-state index in [0.29, 0.717) is 17.4 Å². The van der Waals surface area contributed by atoms with Gasteiger partial charge in [-0.15, -0.1) is 0 Å². The molecular weight excluding hydrogens is 258 g/mol. The molecule has 0 aromatic heterocycles. The summed E-state index contributed by atoms with van der Waals surface area (Å²) in [6, 6.07) is 5.17. The van der Waals surface area contributed by atoms with Crippen LogP contribution >= 0.6 is 0 Å². The molecular formula is C13H23N5O2. The number of benzene rings is 1. The Balaban J connectivity index is 2.55. The number of hydrazine groups is 1. The van der Waals surface area contributed by atoms with E-state index in [4.69, 9.17) is 5.84 Å². The molecule has 0 heterocycles. The largest absolute Gasteiger partial charge is 0.385 e. The molecule has 0 saturated heterocycles. The molecule has 0 aliphatic carbocycles. The number of nitrogens with zero attached hydrogens (tertiary/aromatic N) is 2. The second kappa shape index (κ2) is 7.66. The van der Waals surface area contributed by atoms with Gasteiger partial charge in [0, 0.05) is 30.4 Å². The lowest BCUT2D eigenvalue weighted by molar-refractivity contribution is -0.384. The number of nitrogens with two attached hydrogens (primary N) is 1. The van der Waals surface area contributed by atoms with Crippen LogP contribution < -0.4 is 16.6 Å². The molecule has 0 saturated carbocycles. The molecule has 0 unspecified atom stereocenters. The number of nitro benzene ring substituents is 1. The molecule has 0 amide bonds. The van der Waals surface area contributed by atoms with Gasteiger partial charge in [-0.2, -0.15) is 0 Å². The normalized spacial score (nSPS) is 10.9. The first-order chi connectivity index (χ1) is 9.43. The summed E-state index contributed by atoms with van der Waals surface area (Å²) in [5, 5.41) is 14.0. The van der Waals surface area contributed by atoms with Gasteiger partial charge in [0.15, 0.2) is 0 Å². The van der Waals surface area contributed by atoms with Gasteiger partial charge >= 0.3 is 0 Å². The van der Waals surface area contributed by atoms with Gasteiger partial charge in [0.2, 0.25) is 0 Å². The summed E-state index contributed by atoms with van der Waals surface area (Å²) < 4.78 is 0. The first kappa shape index (κ1) is 16.2. The van der Waals surface area contributed by atoms with Crippen molar-refractivity contribution < 1.29 is 4.92 Å². The van der Waals surface area contributed by atoms with Crippen molar-refractivity contribution in [2.24, 2.45) is 5.84 Å². The highest BCUT2D eigenvalue weighted by molar-refractivity contribution is 5.63. The smallest absolute Gasteiger partial charge is 0.273 e. The van der Waals surface area contributed by atoms with Crippen LogP contribution in [0.3, 0.4) is 0 Å². The average Bonchev–Trinajstić information content (AvgIpc) is 2.42. The monoisotopic (exact) mass is 281 g/mol. The van der Waals surface area contributed by atoms with Gasteiger partial charge in [0.25, 0.3) is 5.69 Å². The van der Waals surface area contributed by atoms with Gasteiger partial charge in [-0.05, 0) is 39.9 Å². The second-order valence-electron chi connectivity index (χ2n) is 5.02. The molecule has 1 aromatic rings. The molecule has 7 nitrogen and oxygen atoms in total. The summed E-state index contributed by atoms with van der Waals surface area (Å²) in [4.78, 5) is 12.6. The van der Waals surface area contributed by atoms with Gasteiger partial charge in [0.05, 0.1) is 10.6 Å². The number of non-ortho nitro benzene ring substituents is 1. The minimum Gasteiger partial charge on any atom is -0.385 e. The highest BCUT2D eigenvalue weighted by atomic mass is 16.6. The summed E-state index contributed by atoms with van der Waals surface area (Å²) in [5.74, 6) is 5.31. The SMILES string of the molecule is CC(C)N(C)CCCNc1cc(NN)cc([N+](=O)[O-])c1. The van der Waals surface area contributed by atoms with Crippen LogP contribution in [0.5, 0.6) is 0 Å². The van der Waals surface area contributed by atoms with E-state index in [1.165, 1.54) is 12.1 Å². The van der Waals surface area contributed by atoms with Crippen LogP contribution in [-0.4, -0.2) is 36.0 Å². The van der Waals surface area contributed by atoms with Crippen LogP contribution in [0.2, 0.25) is 0 Å². The summed E-state index contributed by atoms with van der Waals surface area (Å²) in [7, 11) is 2.08. The fourth-order valence-electron chi connectivity index (χ4n) is 1.72. The van der Waals surface area contributed by atoms with Gasteiger partial charge < -0.3 is 15.6 Å². The molecule has 1 rings (SSSR count). The zero-order valence-electron chi connectivity index (χ0n) is 12.2. The molecule has 1 aromatic carbocycles. The van der Waals surface area contributed by atoms with E-state index in [1.807, 2.05) is 0 Å². The van der Waals surface area contributed by atoms with Gasteiger partial charge in [-0.25, -0.2) is 0 Å². The Kier molecular flexibility index (Phi) is 6.20. The molecule has 0 aliphatic rings. The topological polar surface area (TPSA) is 96.5 Å². The zero-order chi connectivity index (χ0) is 15.1. The predicted octanol–water partition coefficient (Wildman–Crippen LogP) is 2.02. The lowest BCUT2D eigenvalue weighted by Gasteiger charge is -2.20. The van der Waals surface area contributed by atoms with Crippen LogP contribution in [-0.2, 0) is 0 Å². The number of anilines is 2. The molecule has 0 atom stereocenters.